The van der Waals surface area contributed by atoms with Crippen molar-refractivity contribution in [3.05, 3.63) is 60.8 Å². The van der Waals surface area contributed by atoms with Gasteiger partial charge in [0.25, 0.3) is 0 Å². The number of hydrogen-bond acceptors (Lipinski definition) is 6. The maximum absolute atomic E-state index is 12.8. The van der Waals surface area contributed by atoms with Crippen molar-refractivity contribution in [1.82, 2.24) is 0 Å². The zero-order chi connectivity index (χ0) is 46.5. The van der Waals surface area contributed by atoms with Crippen molar-refractivity contribution < 1.29 is 28.6 Å². The number of rotatable bonds is 49. The van der Waals surface area contributed by atoms with Gasteiger partial charge in [0.15, 0.2) is 6.10 Å². The van der Waals surface area contributed by atoms with Crippen LogP contribution in [0.3, 0.4) is 0 Å². The molecule has 6 nitrogen and oxygen atoms in total. The van der Waals surface area contributed by atoms with Crippen molar-refractivity contribution >= 4 is 17.9 Å². The molecule has 0 amide bonds. The van der Waals surface area contributed by atoms with Gasteiger partial charge in [-0.3, -0.25) is 14.4 Å². The molecule has 370 valence electrons. The molecule has 6 heteroatoms. The summed E-state index contributed by atoms with van der Waals surface area (Å²) in [5, 5.41) is 0. The summed E-state index contributed by atoms with van der Waals surface area (Å²) in [5.41, 5.74) is 0. The van der Waals surface area contributed by atoms with Crippen LogP contribution in [0.4, 0.5) is 0 Å². The first-order valence-electron chi connectivity index (χ1n) is 27.3. The van der Waals surface area contributed by atoms with Crippen LogP contribution in [0.1, 0.15) is 271 Å². The Morgan fingerprint density at radius 2 is 0.609 bits per heavy atom. The number of esters is 3. The smallest absolute Gasteiger partial charge is 0.306 e. The van der Waals surface area contributed by atoms with Gasteiger partial charge >= 0.3 is 17.9 Å². The van der Waals surface area contributed by atoms with E-state index in [1.165, 1.54) is 141 Å². The molecule has 0 aromatic heterocycles. The van der Waals surface area contributed by atoms with Crippen LogP contribution in [0, 0.1) is 0 Å². The number of carbonyl (C=O) groups is 3. The molecule has 1 atom stereocenters. The van der Waals surface area contributed by atoms with Crippen LogP contribution in [0.5, 0.6) is 0 Å². The third-order valence-electron chi connectivity index (χ3n) is 11.8. The lowest BCUT2D eigenvalue weighted by Gasteiger charge is -2.18. The molecule has 0 radical (unpaired) electrons. The zero-order valence-electron chi connectivity index (χ0n) is 42.3. The Morgan fingerprint density at radius 3 is 0.969 bits per heavy atom. The topological polar surface area (TPSA) is 78.9 Å². The Balaban J connectivity index is 4.18. The molecule has 1 unspecified atom stereocenters. The van der Waals surface area contributed by atoms with Crippen molar-refractivity contribution in [3.8, 4) is 0 Å². The lowest BCUT2D eigenvalue weighted by Crippen LogP contribution is -2.30. The fourth-order valence-electron chi connectivity index (χ4n) is 7.66. The van der Waals surface area contributed by atoms with E-state index >= 15 is 0 Å². The number of allylic oxidation sites excluding steroid dienone is 10. The maximum Gasteiger partial charge on any atom is 0.306 e. The van der Waals surface area contributed by atoms with Gasteiger partial charge in [-0.1, -0.05) is 229 Å². The molecule has 0 bridgehead atoms. The van der Waals surface area contributed by atoms with Gasteiger partial charge in [-0.25, -0.2) is 0 Å². The minimum Gasteiger partial charge on any atom is -0.462 e. The number of carbonyl (C=O) groups excluding carboxylic acids is 3. The molecule has 0 saturated carbocycles. The summed E-state index contributed by atoms with van der Waals surface area (Å²) in [5.74, 6) is -0.890. The normalized spacial score (nSPS) is 12.5. The van der Waals surface area contributed by atoms with Gasteiger partial charge < -0.3 is 14.2 Å². The SMILES string of the molecule is CC/C=C\C/C=C\C/C=C\C/C=C\CCCCCCCCCCC(=O)OCC(COC(=O)CCCCCCCC)OC(=O)CCCCCCCCCCC/C=C\CCCCCCCC. The van der Waals surface area contributed by atoms with Crippen molar-refractivity contribution in [2.45, 2.75) is 277 Å². The van der Waals surface area contributed by atoms with Crippen molar-refractivity contribution in [3.63, 3.8) is 0 Å². The molecule has 0 N–H and O–H groups in total. The first-order chi connectivity index (χ1) is 31.5. The van der Waals surface area contributed by atoms with Gasteiger partial charge in [0.2, 0.25) is 0 Å². The molecule has 0 spiro atoms. The Labute approximate surface area is 396 Å². The first kappa shape index (κ1) is 61.1. The average Bonchev–Trinajstić information content (AvgIpc) is 3.29. The van der Waals surface area contributed by atoms with E-state index in [1.54, 1.807) is 0 Å². The highest BCUT2D eigenvalue weighted by Gasteiger charge is 2.19. The van der Waals surface area contributed by atoms with Crippen LogP contribution in [-0.4, -0.2) is 37.2 Å². The number of hydrogen-bond donors (Lipinski definition) is 0. The van der Waals surface area contributed by atoms with Gasteiger partial charge in [-0.15, -0.1) is 0 Å². The second-order valence-electron chi connectivity index (χ2n) is 18.1. The lowest BCUT2D eigenvalue weighted by molar-refractivity contribution is -0.167. The molecule has 0 aliphatic carbocycles. The van der Waals surface area contributed by atoms with E-state index in [0.29, 0.717) is 19.3 Å². The quantitative estimate of drug-likeness (QED) is 0.0262. The second kappa shape index (κ2) is 52.7. The van der Waals surface area contributed by atoms with Gasteiger partial charge in [-0.2, -0.15) is 0 Å². The summed E-state index contributed by atoms with van der Waals surface area (Å²) in [4.78, 5) is 37.8. The summed E-state index contributed by atoms with van der Waals surface area (Å²) in [6, 6.07) is 0. The number of ether oxygens (including phenoxy) is 3. The van der Waals surface area contributed by atoms with Gasteiger partial charge in [-0.05, 0) is 83.5 Å². The molecule has 0 aliphatic heterocycles. The maximum atomic E-state index is 12.8. The average molecular weight is 895 g/mol. The van der Waals surface area contributed by atoms with Crippen LogP contribution in [0.15, 0.2) is 60.8 Å². The summed E-state index contributed by atoms with van der Waals surface area (Å²) >= 11 is 0. The van der Waals surface area contributed by atoms with E-state index in [9.17, 15) is 14.4 Å². The van der Waals surface area contributed by atoms with Crippen LogP contribution >= 0.6 is 0 Å². The molecule has 0 fully saturated rings. The Kier molecular flexibility index (Phi) is 50.4. The molecule has 0 rings (SSSR count). The largest absolute Gasteiger partial charge is 0.462 e. The van der Waals surface area contributed by atoms with Crippen molar-refractivity contribution in [2.75, 3.05) is 13.2 Å². The van der Waals surface area contributed by atoms with Gasteiger partial charge in [0.1, 0.15) is 13.2 Å². The molecule has 0 aromatic carbocycles. The van der Waals surface area contributed by atoms with Crippen molar-refractivity contribution in [1.29, 1.82) is 0 Å². The van der Waals surface area contributed by atoms with E-state index < -0.39 is 6.10 Å². The predicted octanol–water partition coefficient (Wildman–Crippen LogP) is 18.0. The first-order valence-corrected chi connectivity index (χ1v) is 27.3. The Morgan fingerprint density at radius 1 is 0.328 bits per heavy atom. The van der Waals surface area contributed by atoms with Crippen LogP contribution in [0.25, 0.3) is 0 Å². The third kappa shape index (κ3) is 50.1. The van der Waals surface area contributed by atoms with Crippen LogP contribution < -0.4 is 0 Å². The third-order valence-corrected chi connectivity index (χ3v) is 11.8. The molecule has 64 heavy (non-hydrogen) atoms. The molecule has 0 aromatic rings. The summed E-state index contributed by atoms with van der Waals surface area (Å²) < 4.78 is 16.7. The van der Waals surface area contributed by atoms with Gasteiger partial charge in [0.05, 0.1) is 0 Å². The lowest BCUT2D eigenvalue weighted by atomic mass is 10.1. The van der Waals surface area contributed by atoms with Gasteiger partial charge in [0, 0.05) is 19.3 Å². The minimum atomic E-state index is -0.774. The highest BCUT2D eigenvalue weighted by molar-refractivity contribution is 5.71. The van der Waals surface area contributed by atoms with E-state index in [1.807, 2.05) is 0 Å². The van der Waals surface area contributed by atoms with E-state index in [0.717, 1.165) is 89.9 Å². The fraction of sp³-hybridized carbons (Fsp3) is 0.776. The van der Waals surface area contributed by atoms with Crippen molar-refractivity contribution in [2.24, 2.45) is 0 Å². The summed E-state index contributed by atoms with van der Waals surface area (Å²) in [6.45, 7) is 6.47. The number of unbranched alkanes of at least 4 members (excludes halogenated alkanes) is 28. The molecule has 0 aliphatic rings. The van der Waals surface area contributed by atoms with Crippen LogP contribution in [0.2, 0.25) is 0 Å². The van der Waals surface area contributed by atoms with E-state index in [2.05, 4.69) is 81.5 Å². The Bertz CT molecular complexity index is 1170. The highest BCUT2D eigenvalue weighted by Crippen LogP contribution is 2.15. The highest BCUT2D eigenvalue weighted by atomic mass is 16.6. The minimum absolute atomic E-state index is 0.0768. The Hall–Kier alpha value is -2.89. The predicted molar refractivity (Wildman–Crippen MR) is 275 cm³/mol. The summed E-state index contributed by atoms with van der Waals surface area (Å²) in [6.07, 6.45) is 65.2. The van der Waals surface area contributed by atoms with E-state index in [4.69, 9.17) is 14.2 Å². The second-order valence-corrected chi connectivity index (χ2v) is 18.1. The summed E-state index contributed by atoms with van der Waals surface area (Å²) in [7, 11) is 0. The van der Waals surface area contributed by atoms with Crippen LogP contribution in [-0.2, 0) is 28.6 Å². The molecular formula is C58H102O6. The molecule has 0 saturated heterocycles. The zero-order valence-corrected chi connectivity index (χ0v) is 42.3. The molecule has 0 heterocycles. The van der Waals surface area contributed by atoms with E-state index in [-0.39, 0.29) is 31.1 Å². The fourth-order valence-corrected chi connectivity index (χ4v) is 7.66. The molecular weight excluding hydrogens is 793 g/mol. The standard InChI is InChI=1S/C58H102O6/c1-4-7-10-13-16-18-20-22-24-26-28-29-31-32-34-36-38-40-42-45-48-51-57(60)63-54-55(53-62-56(59)50-47-44-15-12-9-6-3)64-58(61)52-49-46-43-41-39-37-35-33-30-27-25-23-21-19-17-14-11-8-5-2/h7,10,16,18,22-25,28-29,55H,4-6,8-9,11-15,17,19-21,26-27,30-54H2,1-3H3/b10-7-,18-16-,24-22-,25-23-,29-28-. The monoisotopic (exact) mass is 895 g/mol.